The number of hydrogen-bond acceptors (Lipinski definition) is 7. The molecule has 0 unspecified atom stereocenters. The lowest BCUT2D eigenvalue weighted by Crippen LogP contribution is -2.44. The molecule has 0 spiro atoms. The van der Waals surface area contributed by atoms with Gasteiger partial charge in [0, 0.05) is 43.0 Å². The maximum absolute atomic E-state index is 11.9. The highest BCUT2D eigenvalue weighted by molar-refractivity contribution is 6.30. The fourth-order valence-corrected chi connectivity index (χ4v) is 4.73. The van der Waals surface area contributed by atoms with Crippen LogP contribution in [0.1, 0.15) is 36.5 Å². The molecule has 2 aliphatic rings. The SMILES string of the molecule is CCOC(=O)N1CCC(NCc2ccc(C(=N)N3C(=N)c4ccccc4Nc4ncccc43)cc2)CC1. The molecule has 3 heterocycles. The smallest absolute Gasteiger partial charge is 0.409 e. The quantitative estimate of drug-likeness (QED) is 0.300. The molecule has 37 heavy (non-hydrogen) atoms. The number of hydrogen-bond donors (Lipinski definition) is 4. The molecule has 5 rings (SSSR count). The highest BCUT2D eigenvalue weighted by atomic mass is 16.6. The third-order valence-electron chi connectivity index (χ3n) is 6.75. The largest absolute Gasteiger partial charge is 0.450 e. The number of para-hydroxylation sites is 1. The minimum Gasteiger partial charge on any atom is -0.450 e. The Morgan fingerprint density at radius 3 is 2.62 bits per heavy atom. The van der Waals surface area contributed by atoms with Crippen LogP contribution in [0.25, 0.3) is 0 Å². The van der Waals surface area contributed by atoms with Crippen molar-refractivity contribution in [1.29, 1.82) is 10.8 Å². The summed E-state index contributed by atoms with van der Waals surface area (Å²) < 4.78 is 5.10. The maximum Gasteiger partial charge on any atom is 0.409 e. The first-order valence-corrected chi connectivity index (χ1v) is 12.6. The van der Waals surface area contributed by atoms with Crippen molar-refractivity contribution in [2.75, 3.05) is 29.9 Å². The van der Waals surface area contributed by atoms with E-state index >= 15 is 0 Å². The average Bonchev–Trinajstić information content (AvgIpc) is 3.06. The number of likely N-dealkylation sites (tertiary alicyclic amines) is 1. The van der Waals surface area contributed by atoms with Gasteiger partial charge in [-0.15, -0.1) is 0 Å². The van der Waals surface area contributed by atoms with Crippen molar-refractivity contribution < 1.29 is 9.53 Å². The number of pyridine rings is 1. The first kappa shape index (κ1) is 24.5. The zero-order valence-corrected chi connectivity index (χ0v) is 20.8. The van der Waals surface area contributed by atoms with Crippen LogP contribution in [0.4, 0.5) is 22.0 Å². The maximum atomic E-state index is 11.9. The number of benzene rings is 2. The first-order valence-electron chi connectivity index (χ1n) is 12.6. The lowest BCUT2D eigenvalue weighted by molar-refractivity contribution is 0.0950. The fraction of sp³-hybridized carbons (Fsp3) is 0.286. The predicted octanol–water partition coefficient (Wildman–Crippen LogP) is 4.71. The Balaban J connectivity index is 1.26. The van der Waals surface area contributed by atoms with Crippen molar-refractivity contribution in [1.82, 2.24) is 15.2 Å². The van der Waals surface area contributed by atoms with Crippen LogP contribution < -0.4 is 15.5 Å². The van der Waals surface area contributed by atoms with Gasteiger partial charge < -0.3 is 20.3 Å². The topological polar surface area (TPSA) is 117 Å². The van der Waals surface area contributed by atoms with Gasteiger partial charge in [0.25, 0.3) is 0 Å². The number of nitrogens with one attached hydrogen (secondary N) is 4. The molecule has 0 aliphatic carbocycles. The first-order chi connectivity index (χ1) is 18.0. The number of ether oxygens (including phenoxy) is 1. The lowest BCUT2D eigenvalue weighted by atomic mass is 10.0. The van der Waals surface area contributed by atoms with Crippen molar-refractivity contribution in [3.8, 4) is 0 Å². The van der Waals surface area contributed by atoms with Gasteiger partial charge in [-0.1, -0.05) is 36.4 Å². The number of carbonyl (C=O) groups is 1. The summed E-state index contributed by atoms with van der Waals surface area (Å²) in [6, 6.07) is 19.5. The molecule has 0 radical (unpaired) electrons. The van der Waals surface area contributed by atoms with Gasteiger partial charge in [0.05, 0.1) is 18.0 Å². The van der Waals surface area contributed by atoms with Crippen LogP contribution in [0.2, 0.25) is 0 Å². The van der Waals surface area contributed by atoms with E-state index in [0.717, 1.165) is 24.1 Å². The van der Waals surface area contributed by atoms with Crippen LogP contribution in [0.15, 0.2) is 66.9 Å². The van der Waals surface area contributed by atoms with E-state index in [0.29, 0.717) is 54.9 Å². The van der Waals surface area contributed by atoms with Gasteiger partial charge in [-0.25, -0.2) is 9.78 Å². The number of piperidine rings is 1. The minimum atomic E-state index is -0.228. The highest BCUT2D eigenvalue weighted by Gasteiger charge is 2.28. The van der Waals surface area contributed by atoms with E-state index in [2.05, 4.69) is 15.6 Å². The van der Waals surface area contributed by atoms with Crippen LogP contribution in [0.5, 0.6) is 0 Å². The van der Waals surface area contributed by atoms with Gasteiger partial charge in [-0.3, -0.25) is 15.7 Å². The summed E-state index contributed by atoms with van der Waals surface area (Å²) in [4.78, 5) is 19.8. The summed E-state index contributed by atoms with van der Waals surface area (Å²) in [5.74, 6) is 1.04. The van der Waals surface area contributed by atoms with Gasteiger partial charge in [-0.2, -0.15) is 0 Å². The third-order valence-corrected chi connectivity index (χ3v) is 6.75. The van der Waals surface area contributed by atoms with Gasteiger partial charge >= 0.3 is 6.09 Å². The van der Waals surface area contributed by atoms with E-state index in [1.54, 1.807) is 16.0 Å². The highest BCUT2D eigenvalue weighted by Crippen LogP contribution is 2.34. The molecule has 0 saturated carbocycles. The number of aromatic nitrogens is 1. The molecule has 1 aromatic heterocycles. The molecule has 0 atom stereocenters. The third kappa shape index (κ3) is 5.17. The molecule has 2 aromatic carbocycles. The summed E-state index contributed by atoms with van der Waals surface area (Å²) in [6.45, 7) is 4.33. The van der Waals surface area contributed by atoms with E-state index in [-0.39, 0.29) is 17.8 Å². The zero-order chi connectivity index (χ0) is 25.8. The van der Waals surface area contributed by atoms with E-state index in [1.807, 2.05) is 67.6 Å². The Labute approximate surface area is 216 Å². The monoisotopic (exact) mass is 497 g/mol. The molecule has 0 bridgehead atoms. The summed E-state index contributed by atoms with van der Waals surface area (Å²) in [6.07, 6.45) is 3.26. The molecule has 4 N–H and O–H groups in total. The molecule has 9 nitrogen and oxygen atoms in total. The van der Waals surface area contributed by atoms with Crippen molar-refractivity contribution in [2.24, 2.45) is 0 Å². The van der Waals surface area contributed by atoms with Gasteiger partial charge in [0.2, 0.25) is 0 Å². The summed E-state index contributed by atoms with van der Waals surface area (Å²) >= 11 is 0. The summed E-state index contributed by atoms with van der Waals surface area (Å²) in [7, 11) is 0. The number of nitrogens with zero attached hydrogens (tertiary/aromatic N) is 3. The van der Waals surface area contributed by atoms with Crippen LogP contribution in [-0.2, 0) is 11.3 Å². The second kappa shape index (κ2) is 10.8. The van der Waals surface area contributed by atoms with E-state index in [9.17, 15) is 4.79 Å². The number of anilines is 3. The molecule has 1 saturated heterocycles. The number of amidine groups is 2. The number of carbonyl (C=O) groups excluding carboxylic acids is 1. The summed E-state index contributed by atoms with van der Waals surface area (Å²) in [5.41, 5.74) is 3.99. The van der Waals surface area contributed by atoms with Crippen LogP contribution in [-0.4, -0.2) is 53.4 Å². The zero-order valence-electron chi connectivity index (χ0n) is 20.8. The van der Waals surface area contributed by atoms with Crippen molar-refractivity contribution in [3.63, 3.8) is 0 Å². The Bertz CT molecular complexity index is 1300. The second-order valence-electron chi connectivity index (χ2n) is 9.11. The Morgan fingerprint density at radius 1 is 1.11 bits per heavy atom. The fourth-order valence-electron chi connectivity index (χ4n) is 4.73. The number of rotatable bonds is 5. The van der Waals surface area contributed by atoms with Crippen molar-refractivity contribution >= 4 is 35.0 Å². The molecule has 9 heteroatoms. The van der Waals surface area contributed by atoms with E-state index in [1.165, 1.54) is 0 Å². The minimum absolute atomic E-state index is 0.212. The Morgan fingerprint density at radius 2 is 1.86 bits per heavy atom. The van der Waals surface area contributed by atoms with Gasteiger partial charge in [-0.05, 0) is 49.6 Å². The molecular formula is C28H31N7O2. The molecule has 3 aromatic rings. The number of amides is 1. The predicted molar refractivity (Wildman–Crippen MR) is 145 cm³/mol. The molecular weight excluding hydrogens is 466 g/mol. The molecule has 190 valence electrons. The van der Waals surface area contributed by atoms with Gasteiger partial charge in [0.1, 0.15) is 11.7 Å². The Hall–Kier alpha value is -4.24. The number of fused-ring (bicyclic) bond motifs is 2. The standard InChI is InChI=1S/C28H31N7O2/c1-2-37-28(36)34-16-13-21(14-17-34)32-18-19-9-11-20(12-10-19)25(29)35-24-8-5-15-31-27(24)33-23-7-4-3-6-22(23)26(35)30/h3-12,15,21,29-30,32H,2,13-14,16-18H2,1H3,(H,31,33). The normalized spacial score (nSPS) is 15.3. The molecule has 2 aliphatic heterocycles. The van der Waals surface area contributed by atoms with Crippen LogP contribution in [0, 0.1) is 10.8 Å². The van der Waals surface area contributed by atoms with Crippen LogP contribution >= 0.6 is 0 Å². The van der Waals surface area contributed by atoms with Crippen LogP contribution in [0.3, 0.4) is 0 Å². The molecule has 1 fully saturated rings. The summed E-state index contributed by atoms with van der Waals surface area (Å²) in [5, 5.41) is 24.9. The average molecular weight is 498 g/mol. The van der Waals surface area contributed by atoms with Crippen molar-refractivity contribution in [3.05, 3.63) is 83.6 Å². The molecule has 1 amide bonds. The van der Waals surface area contributed by atoms with Crippen molar-refractivity contribution in [2.45, 2.75) is 32.4 Å². The second-order valence-corrected chi connectivity index (χ2v) is 9.11. The van der Waals surface area contributed by atoms with E-state index in [4.69, 9.17) is 15.6 Å². The Kier molecular flexibility index (Phi) is 7.14. The lowest BCUT2D eigenvalue weighted by Gasteiger charge is -2.31. The van der Waals surface area contributed by atoms with Gasteiger partial charge in [0.15, 0.2) is 5.82 Å². The van der Waals surface area contributed by atoms with E-state index < -0.39 is 0 Å².